The van der Waals surface area contributed by atoms with Gasteiger partial charge in [0.1, 0.15) is 5.82 Å². The van der Waals surface area contributed by atoms with Crippen LogP contribution in [-0.2, 0) is 13.5 Å². The van der Waals surface area contributed by atoms with Gasteiger partial charge in [0.15, 0.2) is 0 Å². The molecular formula is C14H15FN2O. The molecule has 1 N–H and O–H groups in total. The molecule has 0 aliphatic carbocycles. The molecule has 0 fully saturated rings. The molecule has 1 heterocycles. The molecule has 0 unspecified atom stereocenters. The minimum atomic E-state index is -0.492. The molecule has 0 aliphatic heterocycles. The van der Waals surface area contributed by atoms with E-state index in [1.807, 2.05) is 29.9 Å². The minimum absolute atomic E-state index is 0.0874. The van der Waals surface area contributed by atoms with Crippen LogP contribution in [0.15, 0.2) is 42.6 Å². The number of hydrogen-bond donors (Lipinski definition) is 1. The summed E-state index contributed by atoms with van der Waals surface area (Å²) < 4.78 is 15.3. The number of carbonyl (C=O) groups excluding carboxylic acids is 1. The van der Waals surface area contributed by atoms with Crippen molar-refractivity contribution in [1.29, 1.82) is 0 Å². The largest absolute Gasteiger partial charge is 0.354 e. The van der Waals surface area contributed by atoms with Gasteiger partial charge in [0, 0.05) is 31.9 Å². The number of benzene rings is 1. The standard InChI is InChI=1S/C14H15FN2O/c1-17-10-4-5-11(17)8-9-16-14(18)12-6-2-3-7-13(12)15/h2-7,10H,8-9H2,1H3,(H,16,18). The van der Waals surface area contributed by atoms with Crippen LogP contribution in [0, 0.1) is 5.82 Å². The maximum atomic E-state index is 13.3. The number of nitrogens with one attached hydrogen (secondary N) is 1. The van der Waals surface area contributed by atoms with Gasteiger partial charge in [0.2, 0.25) is 0 Å². The van der Waals surface area contributed by atoms with Gasteiger partial charge >= 0.3 is 0 Å². The third kappa shape index (κ3) is 2.77. The first-order chi connectivity index (χ1) is 8.68. The zero-order valence-electron chi connectivity index (χ0n) is 10.2. The first kappa shape index (κ1) is 12.4. The topological polar surface area (TPSA) is 34.0 Å². The smallest absolute Gasteiger partial charge is 0.254 e. The highest BCUT2D eigenvalue weighted by molar-refractivity contribution is 5.94. The maximum Gasteiger partial charge on any atom is 0.254 e. The quantitative estimate of drug-likeness (QED) is 0.881. The predicted molar refractivity (Wildman–Crippen MR) is 67.9 cm³/mol. The number of hydrogen-bond acceptors (Lipinski definition) is 1. The second-order valence-electron chi connectivity index (χ2n) is 4.10. The van der Waals surface area contributed by atoms with Crippen LogP contribution in [0.1, 0.15) is 16.1 Å². The Hall–Kier alpha value is -2.10. The van der Waals surface area contributed by atoms with Crippen molar-refractivity contribution in [1.82, 2.24) is 9.88 Å². The monoisotopic (exact) mass is 246 g/mol. The van der Waals surface area contributed by atoms with E-state index in [9.17, 15) is 9.18 Å². The van der Waals surface area contributed by atoms with Gasteiger partial charge in [-0.15, -0.1) is 0 Å². The Morgan fingerprint density at radius 3 is 2.72 bits per heavy atom. The lowest BCUT2D eigenvalue weighted by Gasteiger charge is -2.06. The molecule has 1 aromatic heterocycles. The molecule has 18 heavy (non-hydrogen) atoms. The normalized spacial score (nSPS) is 10.3. The fourth-order valence-corrected chi connectivity index (χ4v) is 1.80. The molecule has 0 atom stereocenters. The van der Waals surface area contributed by atoms with Crippen LogP contribution < -0.4 is 5.32 Å². The van der Waals surface area contributed by atoms with Crippen molar-refractivity contribution < 1.29 is 9.18 Å². The Balaban J connectivity index is 1.90. The molecule has 3 nitrogen and oxygen atoms in total. The van der Waals surface area contributed by atoms with Gasteiger partial charge in [-0.25, -0.2) is 4.39 Å². The van der Waals surface area contributed by atoms with Crippen molar-refractivity contribution in [3.8, 4) is 0 Å². The lowest BCUT2D eigenvalue weighted by Crippen LogP contribution is -2.26. The Morgan fingerprint density at radius 2 is 2.06 bits per heavy atom. The Bertz CT molecular complexity index is 548. The summed E-state index contributed by atoms with van der Waals surface area (Å²) >= 11 is 0. The molecule has 0 aliphatic rings. The van der Waals surface area contributed by atoms with Gasteiger partial charge in [-0.3, -0.25) is 4.79 Å². The van der Waals surface area contributed by atoms with E-state index in [2.05, 4.69) is 5.32 Å². The summed E-state index contributed by atoms with van der Waals surface area (Å²) in [5.41, 5.74) is 1.22. The zero-order valence-corrected chi connectivity index (χ0v) is 10.2. The van der Waals surface area contributed by atoms with E-state index < -0.39 is 5.82 Å². The molecule has 1 amide bonds. The van der Waals surface area contributed by atoms with Gasteiger partial charge in [-0.1, -0.05) is 12.1 Å². The summed E-state index contributed by atoms with van der Waals surface area (Å²) in [7, 11) is 1.95. The van der Waals surface area contributed by atoms with E-state index in [0.717, 1.165) is 12.1 Å². The molecular weight excluding hydrogens is 231 g/mol. The molecule has 0 bridgehead atoms. The number of carbonyl (C=O) groups is 1. The maximum absolute atomic E-state index is 13.3. The third-order valence-electron chi connectivity index (χ3n) is 2.84. The zero-order chi connectivity index (χ0) is 13.0. The summed E-state index contributed by atoms with van der Waals surface area (Å²) in [6.07, 6.45) is 2.68. The van der Waals surface area contributed by atoms with Crippen LogP contribution in [-0.4, -0.2) is 17.0 Å². The number of halogens is 1. The molecule has 2 aromatic rings. The van der Waals surface area contributed by atoms with E-state index >= 15 is 0 Å². The minimum Gasteiger partial charge on any atom is -0.354 e. The number of rotatable bonds is 4. The highest BCUT2D eigenvalue weighted by Crippen LogP contribution is 2.06. The molecule has 4 heteroatoms. The molecule has 1 aromatic carbocycles. The first-order valence-electron chi connectivity index (χ1n) is 5.81. The van der Waals surface area contributed by atoms with E-state index in [-0.39, 0.29) is 11.5 Å². The fourth-order valence-electron chi connectivity index (χ4n) is 1.80. The number of aromatic nitrogens is 1. The van der Waals surface area contributed by atoms with Gasteiger partial charge < -0.3 is 9.88 Å². The lowest BCUT2D eigenvalue weighted by atomic mass is 10.2. The second-order valence-corrected chi connectivity index (χ2v) is 4.10. The van der Waals surface area contributed by atoms with Crippen molar-refractivity contribution in [3.63, 3.8) is 0 Å². The number of amides is 1. The lowest BCUT2D eigenvalue weighted by molar-refractivity contribution is 0.0950. The number of nitrogens with zero attached hydrogens (tertiary/aromatic N) is 1. The van der Waals surface area contributed by atoms with Crippen molar-refractivity contribution in [2.45, 2.75) is 6.42 Å². The van der Waals surface area contributed by atoms with Crippen molar-refractivity contribution in [2.75, 3.05) is 6.54 Å². The van der Waals surface area contributed by atoms with Crippen LogP contribution in [0.2, 0.25) is 0 Å². The second kappa shape index (κ2) is 5.49. The average molecular weight is 246 g/mol. The van der Waals surface area contributed by atoms with Crippen LogP contribution in [0.4, 0.5) is 4.39 Å². The summed E-state index contributed by atoms with van der Waals surface area (Å²) in [6, 6.07) is 9.92. The summed E-state index contributed by atoms with van der Waals surface area (Å²) in [5.74, 6) is -0.865. The van der Waals surface area contributed by atoms with Crippen LogP contribution in [0.5, 0.6) is 0 Å². The Kier molecular flexibility index (Phi) is 3.77. The van der Waals surface area contributed by atoms with Crippen molar-refractivity contribution in [3.05, 3.63) is 59.7 Å². The Morgan fingerprint density at radius 1 is 1.28 bits per heavy atom. The fraction of sp³-hybridized carbons (Fsp3) is 0.214. The molecule has 2 rings (SSSR count). The summed E-state index contributed by atoms with van der Waals surface area (Å²) in [5, 5.41) is 2.71. The SMILES string of the molecule is Cn1cccc1CCNC(=O)c1ccccc1F. The van der Waals surface area contributed by atoms with E-state index in [1.54, 1.807) is 12.1 Å². The molecule has 0 saturated heterocycles. The van der Waals surface area contributed by atoms with Crippen LogP contribution in [0.25, 0.3) is 0 Å². The highest BCUT2D eigenvalue weighted by Gasteiger charge is 2.09. The van der Waals surface area contributed by atoms with E-state index in [1.165, 1.54) is 12.1 Å². The molecule has 94 valence electrons. The average Bonchev–Trinajstić information content (AvgIpc) is 2.75. The van der Waals surface area contributed by atoms with Crippen LogP contribution >= 0.6 is 0 Å². The molecule has 0 radical (unpaired) electrons. The first-order valence-corrected chi connectivity index (χ1v) is 5.81. The summed E-state index contributed by atoms with van der Waals surface area (Å²) in [6.45, 7) is 0.491. The van der Waals surface area contributed by atoms with Gasteiger partial charge in [-0.05, 0) is 24.3 Å². The van der Waals surface area contributed by atoms with Crippen molar-refractivity contribution >= 4 is 5.91 Å². The predicted octanol–water partition coefficient (Wildman–Crippen LogP) is 2.14. The molecule has 0 saturated carbocycles. The summed E-state index contributed by atoms with van der Waals surface area (Å²) in [4.78, 5) is 11.7. The van der Waals surface area contributed by atoms with Crippen molar-refractivity contribution in [2.24, 2.45) is 7.05 Å². The molecule has 0 spiro atoms. The highest BCUT2D eigenvalue weighted by atomic mass is 19.1. The number of aryl methyl sites for hydroxylation is 1. The van der Waals surface area contributed by atoms with Gasteiger partial charge in [0.25, 0.3) is 5.91 Å². The van der Waals surface area contributed by atoms with Gasteiger partial charge in [-0.2, -0.15) is 0 Å². The Labute approximate surface area is 105 Å². The van der Waals surface area contributed by atoms with Gasteiger partial charge in [0.05, 0.1) is 5.56 Å². The van der Waals surface area contributed by atoms with E-state index in [4.69, 9.17) is 0 Å². The van der Waals surface area contributed by atoms with E-state index in [0.29, 0.717) is 6.54 Å². The van der Waals surface area contributed by atoms with Crippen LogP contribution in [0.3, 0.4) is 0 Å². The third-order valence-corrected chi connectivity index (χ3v) is 2.84.